The Morgan fingerprint density at radius 3 is 2.31 bits per heavy atom. The largest absolute Gasteiger partial charge is 0.306 e. The molecule has 2 aromatic rings. The van der Waals surface area contributed by atoms with Crippen LogP contribution in [0, 0.1) is 31.5 Å². The molecule has 2 aromatic carbocycles. The molecular weight excluding hydrogens is 447 g/mol. The van der Waals surface area contributed by atoms with Crippen molar-refractivity contribution in [3.63, 3.8) is 0 Å². The lowest BCUT2D eigenvalue weighted by atomic mass is 9.78. The summed E-state index contributed by atoms with van der Waals surface area (Å²) in [7, 11) is 1.97. The number of piperidine rings is 1. The van der Waals surface area contributed by atoms with Crippen molar-refractivity contribution in [2.75, 3.05) is 20.1 Å². The number of aryl methyl sites for hydroxylation is 2. The molecule has 2 heterocycles. The molecule has 1 atom stereocenters. The van der Waals surface area contributed by atoms with Gasteiger partial charge in [0.15, 0.2) is 11.6 Å². The summed E-state index contributed by atoms with van der Waals surface area (Å²) >= 11 is 0. The molecule has 1 saturated heterocycles. The van der Waals surface area contributed by atoms with Crippen molar-refractivity contribution >= 4 is 23.4 Å². The molecule has 7 heteroatoms. The normalized spacial score (nSPS) is 18.1. The zero-order chi connectivity index (χ0) is 25.3. The zero-order valence-corrected chi connectivity index (χ0v) is 20.2. The summed E-state index contributed by atoms with van der Waals surface area (Å²) in [4.78, 5) is 56.7. The van der Waals surface area contributed by atoms with Crippen LogP contribution in [0.4, 0.5) is 4.39 Å². The van der Waals surface area contributed by atoms with E-state index >= 15 is 0 Å². The third kappa shape index (κ3) is 5.15. The topological polar surface area (TPSA) is 74.8 Å². The van der Waals surface area contributed by atoms with E-state index in [0.29, 0.717) is 25.9 Å². The van der Waals surface area contributed by atoms with Gasteiger partial charge in [-0.15, -0.1) is 0 Å². The molecule has 35 heavy (non-hydrogen) atoms. The Morgan fingerprint density at radius 1 is 1.03 bits per heavy atom. The predicted molar refractivity (Wildman–Crippen MR) is 129 cm³/mol. The summed E-state index contributed by atoms with van der Waals surface area (Å²) in [6.07, 6.45) is 2.28. The molecule has 2 amide bonds. The fourth-order valence-corrected chi connectivity index (χ4v) is 4.81. The number of rotatable bonds is 7. The van der Waals surface area contributed by atoms with E-state index in [1.807, 2.05) is 39.1 Å². The van der Waals surface area contributed by atoms with Crippen molar-refractivity contribution in [3.05, 3.63) is 82.2 Å². The van der Waals surface area contributed by atoms with Crippen molar-refractivity contribution in [1.29, 1.82) is 0 Å². The van der Waals surface area contributed by atoms with Gasteiger partial charge in [0.25, 0.3) is 11.8 Å². The first-order valence-corrected chi connectivity index (χ1v) is 11.8. The first-order chi connectivity index (χ1) is 16.7. The van der Waals surface area contributed by atoms with E-state index in [4.69, 9.17) is 0 Å². The van der Waals surface area contributed by atoms with E-state index in [9.17, 15) is 23.6 Å². The quantitative estimate of drug-likeness (QED) is 0.347. The predicted octanol–water partition coefficient (Wildman–Crippen LogP) is 3.65. The lowest BCUT2D eigenvalue weighted by Gasteiger charge is -2.30. The molecule has 182 valence electrons. The molecule has 0 bridgehead atoms. The number of halogens is 1. The molecule has 0 spiro atoms. The van der Waals surface area contributed by atoms with Crippen LogP contribution < -0.4 is 0 Å². The van der Waals surface area contributed by atoms with Crippen molar-refractivity contribution < 1.29 is 23.6 Å². The van der Waals surface area contributed by atoms with Gasteiger partial charge in [0, 0.05) is 23.1 Å². The lowest BCUT2D eigenvalue weighted by Crippen LogP contribution is -2.40. The number of Topliss-reactive ketones (excluding diaryl/α,β-unsaturated/α-hetero) is 2. The Balaban J connectivity index is 1.65. The van der Waals surface area contributed by atoms with Gasteiger partial charge in [0.2, 0.25) is 0 Å². The highest BCUT2D eigenvalue weighted by molar-refractivity contribution is 6.25. The third-order valence-corrected chi connectivity index (χ3v) is 6.97. The van der Waals surface area contributed by atoms with Crippen molar-refractivity contribution in [2.45, 2.75) is 33.2 Å². The van der Waals surface area contributed by atoms with E-state index < -0.39 is 35.3 Å². The molecular formula is C28H29FN2O4. The summed E-state index contributed by atoms with van der Waals surface area (Å²) in [6.45, 7) is 5.34. The van der Waals surface area contributed by atoms with Crippen LogP contribution >= 0.6 is 0 Å². The average Bonchev–Trinajstić information content (AvgIpc) is 3.09. The van der Waals surface area contributed by atoms with Crippen LogP contribution in [0.2, 0.25) is 0 Å². The molecule has 0 N–H and O–H groups in total. The molecule has 4 rings (SSSR count). The van der Waals surface area contributed by atoms with E-state index in [1.165, 1.54) is 12.1 Å². The van der Waals surface area contributed by atoms with Gasteiger partial charge in [0.1, 0.15) is 11.7 Å². The number of carbonyl (C=O) groups excluding carboxylic acids is 4. The number of ketones is 2. The minimum Gasteiger partial charge on any atom is -0.306 e. The molecule has 0 saturated carbocycles. The summed E-state index contributed by atoms with van der Waals surface area (Å²) in [5, 5.41) is 0. The van der Waals surface area contributed by atoms with Crippen molar-refractivity contribution in [3.8, 4) is 0 Å². The average molecular weight is 477 g/mol. The van der Waals surface area contributed by atoms with Gasteiger partial charge < -0.3 is 4.90 Å². The summed E-state index contributed by atoms with van der Waals surface area (Å²) in [5.41, 5.74) is 2.86. The second kappa shape index (κ2) is 10.0. The van der Waals surface area contributed by atoms with E-state index in [-0.39, 0.29) is 23.5 Å². The van der Waals surface area contributed by atoms with E-state index in [1.54, 1.807) is 0 Å². The van der Waals surface area contributed by atoms with Gasteiger partial charge in [-0.05, 0) is 82.2 Å². The highest BCUT2D eigenvalue weighted by Crippen LogP contribution is 2.31. The highest BCUT2D eigenvalue weighted by Gasteiger charge is 2.44. The Kier molecular flexibility index (Phi) is 7.08. The van der Waals surface area contributed by atoms with Gasteiger partial charge in [-0.25, -0.2) is 4.39 Å². The third-order valence-electron chi connectivity index (χ3n) is 6.97. The number of nitrogens with zero attached hydrogens (tertiary/aromatic N) is 2. The van der Waals surface area contributed by atoms with Gasteiger partial charge in [-0.1, -0.05) is 23.8 Å². The van der Waals surface area contributed by atoms with Crippen LogP contribution in [0.25, 0.3) is 0 Å². The minimum atomic E-state index is -1.39. The van der Waals surface area contributed by atoms with E-state index in [0.717, 1.165) is 39.8 Å². The highest BCUT2D eigenvalue weighted by atomic mass is 19.1. The van der Waals surface area contributed by atoms with Gasteiger partial charge in [-0.2, -0.15) is 0 Å². The van der Waals surface area contributed by atoms with Gasteiger partial charge >= 0.3 is 0 Å². The maximum Gasteiger partial charge on any atom is 0.258 e. The molecule has 0 aromatic heterocycles. The zero-order valence-electron chi connectivity index (χ0n) is 20.2. The fourth-order valence-electron chi connectivity index (χ4n) is 4.81. The van der Waals surface area contributed by atoms with Gasteiger partial charge in [-0.3, -0.25) is 24.1 Å². The number of amides is 2. The Labute approximate surface area is 204 Å². The van der Waals surface area contributed by atoms with Gasteiger partial charge in [0.05, 0.1) is 6.54 Å². The Bertz CT molecular complexity index is 1210. The van der Waals surface area contributed by atoms with Crippen LogP contribution in [0.3, 0.4) is 0 Å². The number of hydrogen-bond acceptors (Lipinski definition) is 5. The number of benzene rings is 2. The first kappa shape index (κ1) is 24.7. The maximum atomic E-state index is 13.6. The van der Waals surface area contributed by atoms with Crippen molar-refractivity contribution in [1.82, 2.24) is 9.80 Å². The number of carbonyl (C=O) groups is 4. The fraction of sp³-hybridized carbons (Fsp3) is 0.357. The van der Waals surface area contributed by atoms with Crippen LogP contribution in [0.1, 0.15) is 39.9 Å². The molecule has 0 aliphatic carbocycles. The number of hydrogen-bond donors (Lipinski definition) is 0. The number of likely N-dealkylation sites (tertiary alicyclic amines) is 1. The second-order valence-electron chi connectivity index (χ2n) is 9.54. The monoisotopic (exact) mass is 476 g/mol. The maximum absolute atomic E-state index is 13.6. The molecule has 2 aliphatic rings. The van der Waals surface area contributed by atoms with Crippen LogP contribution in [0.15, 0.2) is 54.1 Å². The lowest BCUT2D eigenvalue weighted by molar-refractivity contribution is -0.139. The SMILES string of the molecule is Cc1ccc(CN2C(=O)C=C(C(C(=O)c3ccc(F)cc3)C(=O)C3CCN(C)CC3)C2=O)c(C)c1. The minimum absolute atomic E-state index is 0.0592. The van der Waals surface area contributed by atoms with Crippen LogP contribution in [-0.4, -0.2) is 53.3 Å². The summed E-state index contributed by atoms with van der Waals surface area (Å²) < 4.78 is 13.5. The molecule has 1 unspecified atom stereocenters. The molecule has 0 radical (unpaired) electrons. The van der Waals surface area contributed by atoms with E-state index in [2.05, 4.69) is 4.90 Å². The second-order valence-corrected chi connectivity index (χ2v) is 9.54. The summed E-state index contributed by atoms with van der Waals surface area (Å²) in [6, 6.07) is 10.7. The van der Waals surface area contributed by atoms with Crippen molar-refractivity contribution in [2.24, 2.45) is 11.8 Å². The Morgan fingerprint density at radius 2 is 1.69 bits per heavy atom. The van der Waals surface area contributed by atoms with Crippen LogP contribution in [-0.2, 0) is 20.9 Å². The first-order valence-electron chi connectivity index (χ1n) is 11.8. The smallest absolute Gasteiger partial charge is 0.258 e. The standard InChI is InChI=1S/C28H29FN2O4/c1-17-4-5-21(18(2)14-17)16-31-24(32)15-23(28(31)35)25(26(33)19-6-8-22(29)9-7-19)27(34)20-10-12-30(3)13-11-20/h4-9,14-15,20,25H,10-13,16H2,1-3H3. The van der Waals surface area contributed by atoms with Crippen LogP contribution in [0.5, 0.6) is 0 Å². The summed E-state index contributed by atoms with van der Waals surface area (Å²) in [5.74, 6) is -4.41. The molecule has 1 fully saturated rings. The molecule has 2 aliphatic heterocycles. The molecule has 6 nitrogen and oxygen atoms in total. The number of imide groups is 1. The Hall–Kier alpha value is -3.45.